The highest BCUT2D eigenvalue weighted by Gasteiger charge is 2.33. The average Bonchev–Trinajstić information content (AvgIpc) is 2.86. The summed E-state index contributed by atoms with van der Waals surface area (Å²) >= 11 is 0. The van der Waals surface area contributed by atoms with Crippen LogP contribution in [0.25, 0.3) is 0 Å². The molecule has 108 valence electrons. The first-order chi connectivity index (χ1) is 9.70. The molecule has 2 aliphatic heterocycles. The molecule has 0 radical (unpaired) electrons. The molecule has 1 amide bonds. The van der Waals surface area contributed by atoms with Gasteiger partial charge in [0, 0.05) is 19.6 Å². The normalized spacial score (nSPS) is 22.6. The number of carbonyl (C=O) groups excluding carboxylic acids is 1. The van der Waals surface area contributed by atoms with Crippen LogP contribution in [0.5, 0.6) is 5.75 Å². The van der Waals surface area contributed by atoms with Gasteiger partial charge in [0.05, 0.1) is 13.1 Å². The van der Waals surface area contributed by atoms with Gasteiger partial charge in [-0.1, -0.05) is 12.1 Å². The molecule has 4 heteroatoms. The Morgan fingerprint density at radius 3 is 3.00 bits per heavy atom. The van der Waals surface area contributed by atoms with E-state index in [1.165, 1.54) is 5.56 Å². The van der Waals surface area contributed by atoms with Gasteiger partial charge in [-0.2, -0.15) is 0 Å². The Bertz CT molecular complexity index is 476. The number of ether oxygens (including phenoxy) is 2. The quantitative estimate of drug-likeness (QED) is 0.844. The molecule has 2 aliphatic rings. The van der Waals surface area contributed by atoms with Crippen molar-refractivity contribution in [2.75, 3.05) is 26.3 Å². The highest BCUT2D eigenvalue weighted by atomic mass is 16.5. The summed E-state index contributed by atoms with van der Waals surface area (Å²) in [5.41, 5.74) is 1.19. The lowest BCUT2D eigenvalue weighted by molar-refractivity contribution is -0.141. The summed E-state index contributed by atoms with van der Waals surface area (Å²) < 4.78 is 11.2. The Kier molecular flexibility index (Phi) is 3.92. The van der Waals surface area contributed by atoms with Crippen LogP contribution in [0.3, 0.4) is 0 Å². The van der Waals surface area contributed by atoms with Gasteiger partial charge in [-0.25, -0.2) is 0 Å². The molecule has 0 bridgehead atoms. The van der Waals surface area contributed by atoms with Crippen molar-refractivity contribution in [3.8, 4) is 5.75 Å². The van der Waals surface area contributed by atoms with Crippen molar-refractivity contribution in [1.82, 2.24) is 4.90 Å². The van der Waals surface area contributed by atoms with Crippen LogP contribution in [0.15, 0.2) is 24.3 Å². The molecule has 4 nitrogen and oxygen atoms in total. The highest BCUT2D eigenvalue weighted by molar-refractivity contribution is 5.77. The van der Waals surface area contributed by atoms with Crippen molar-refractivity contribution in [2.45, 2.75) is 25.9 Å². The van der Waals surface area contributed by atoms with E-state index >= 15 is 0 Å². The van der Waals surface area contributed by atoms with Gasteiger partial charge >= 0.3 is 0 Å². The summed E-state index contributed by atoms with van der Waals surface area (Å²) in [6, 6.07) is 8.03. The minimum absolute atomic E-state index is 0.139. The first-order valence-corrected chi connectivity index (χ1v) is 7.29. The van der Waals surface area contributed by atoms with Crippen molar-refractivity contribution >= 4 is 5.91 Å². The van der Waals surface area contributed by atoms with E-state index in [-0.39, 0.29) is 12.0 Å². The number of benzene rings is 1. The van der Waals surface area contributed by atoms with Crippen molar-refractivity contribution < 1.29 is 14.3 Å². The lowest BCUT2D eigenvalue weighted by Crippen LogP contribution is -2.56. The maximum Gasteiger partial charge on any atom is 0.223 e. The van der Waals surface area contributed by atoms with Gasteiger partial charge in [-0.15, -0.1) is 0 Å². The van der Waals surface area contributed by atoms with Crippen LogP contribution in [-0.2, 0) is 9.53 Å². The molecule has 0 aliphatic carbocycles. The molecular formula is C16H21NO3. The third-order valence-electron chi connectivity index (χ3n) is 3.98. The Hall–Kier alpha value is -1.55. The van der Waals surface area contributed by atoms with Crippen LogP contribution < -0.4 is 4.74 Å². The number of nitrogens with zero attached hydrogens (tertiary/aromatic N) is 1. The van der Waals surface area contributed by atoms with Crippen LogP contribution in [-0.4, -0.2) is 43.2 Å². The Morgan fingerprint density at radius 1 is 1.45 bits per heavy atom. The van der Waals surface area contributed by atoms with Gasteiger partial charge in [0.1, 0.15) is 11.9 Å². The number of likely N-dealkylation sites (tertiary alicyclic amines) is 1. The fraction of sp³-hybridized carbons (Fsp3) is 0.562. The predicted molar refractivity (Wildman–Crippen MR) is 75.7 cm³/mol. The maximum absolute atomic E-state index is 12.0. The molecule has 1 aromatic rings. The highest BCUT2D eigenvalue weighted by Crippen LogP contribution is 2.22. The van der Waals surface area contributed by atoms with Gasteiger partial charge in [0.15, 0.2) is 0 Å². The lowest BCUT2D eigenvalue weighted by Gasteiger charge is -2.39. The second-order valence-electron chi connectivity index (χ2n) is 5.79. The molecule has 3 rings (SSSR count). The van der Waals surface area contributed by atoms with Crippen molar-refractivity contribution in [3.63, 3.8) is 0 Å². The third kappa shape index (κ3) is 3.12. The lowest BCUT2D eigenvalue weighted by atomic mass is 10.0. The number of amides is 1. The van der Waals surface area contributed by atoms with E-state index in [0.29, 0.717) is 25.4 Å². The molecule has 20 heavy (non-hydrogen) atoms. The second kappa shape index (κ2) is 5.83. The topological polar surface area (TPSA) is 38.8 Å². The van der Waals surface area contributed by atoms with Gasteiger partial charge in [0.2, 0.25) is 5.91 Å². The average molecular weight is 275 g/mol. The van der Waals surface area contributed by atoms with Crippen LogP contribution in [0.2, 0.25) is 0 Å². The van der Waals surface area contributed by atoms with E-state index in [4.69, 9.17) is 9.47 Å². The Morgan fingerprint density at radius 2 is 2.30 bits per heavy atom. The molecule has 0 aromatic heterocycles. The largest absolute Gasteiger partial charge is 0.487 e. The zero-order valence-electron chi connectivity index (χ0n) is 11.9. The summed E-state index contributed by atoms with van der Waals surface area (Å²) in [5.74, 6) is 1.55. The van der Waals surface area contributed by atoms with E-state index < -0.39 is 0 Å². The molecule has 1 atom stereocenters. The summed E-state index contributed by atoms with van der Waals surface area (Å²) in [6.45, 7) is 5.01. The minimum Gasteiger partial charge on any atom is -0.487 e. The van der Waals surface area contributed by atoms with Gasteiger partial charge < -0.3 is 14.4 Å². The molecule has 2 fully saturated rings. The first-order valence-electron chi connectivity index (χ1n) is 7.29. The summed E-state index contributed by atoms with van der Waals surface area (Å²) in [6.07, 6.45) is 1.78. The van der Waals surface area contributed by atoms with Crippen LogP contribution in [0.4, 0.5) is 0 Å². The summed E-state index contributed by atoms with van der Waals surface area (Å²) in [4.78, 5) is 13.9. The van der Waals surface area contributed by atoms with Crippen LogP contribution >= 0.6 is 0 Å². The van der Waals surface area contributed by atoms with Crippen LogP contribution in [0, 0.1) is 12.8 Å². The maximum atomic E-state index is 12.0. The number of hydrogen-bond acceptors (Lipinski definition) is 3. The predicted octanol–water partition coefficient (Wildman–Crippen LogP) is 2.01. The standard InChI is InChI=1S/C16H21NO3/c1-12-3-2-4-14(7-12)20-15-9-17(10-15)16(18)8-13-5-6-19-11-13/h2-4,7,13,15H,5-6,8-11H2,1H3/t13-/m0/s1. The fourth-order valence-electron chi connectivity index (χ4n) is 2.72. The Balaban J connectivity index is 1.43. The van der Waals surface area contributed by atoms with Crippen LogP contribution in [0.1, 0.15) is 18.4 Å². The van der Waals surface area contributed by atoms with Crippen molar-refractivity contribution in [3.05, 3.63) is 29.8 Å². The van der Waals surface area contributed by atoms with E-state index in [1.807, 2.05) is 36.1 Å². The molecule has 0 saturated carbocycles. The number of aryl methyl sites for hydroxylation is 1. The molecule has 1 aromatic carbocycles. The Labute approximate surface area is 119 Å². The van der Waals surface area contributed by atoms with Gasteiger partial charge in [0.25, 0.3) is 0 Å². The first kappa shape index (κ1) is 13.4. The van der Waals surface area contributed by atoms with Gasteiger partial charge in [-0.05, 0) is 37.0 Å². The number of rotatable bonds is 4. The molecule has 0 spiro atoms. The van der Waals surface area contributed by atoms with Crippen molar-refractivity contribution in [2.24, 2.45) is 5.92 Å². The zero-order valence-corrected chi connectivity index (χ0v) is 11.9. The minimum atomic E-state index is 0.139. The zero-order chi connectivity index (χ0) is 13.9. The summed E-state index contributed by atoms with van der Waals surface area (Å²) in [7, 11) is 0. The smallest absolute Gasteiger partial charge is 0.223 e. The third-order valence-corrected chi connectivity index (χ3v) is 3.98. The fourth-order valence-corrected chi connectivity index (χ4v) is 2.72. The molecular weight excluding hydrogens is 254 g/mol. The number of hydrogen-bond donors (Lipinski definition) is 0. The molecule has 0 N–H and O–H groups in total. The second-order valence-corrected chi connectivity index (χ2v) is 5.79. The van der Waals surface area contributed by atoms with E-state index in [9.17, 15) is 4.79 Å². The molecule has 2 saturated heterocycles. The van der Waals surface area contributed by atoms with E-state index in [1.54, 1.807) is 0 Å². The molecule has 2 heterocycles. The van der Waals surface area contributed by atoms with Gasteiger partial charge in [-0.3, -0.25) is 4.79 Å². The van der Waals surface area contributed by atoms with E-state index in [2.05, 4.69) is 0 Å². The molecule has 0 unspecified atom stereocenters. The monoisotopic (exact) mass is 275 g/mol. The number of carbonyl (C=O) groups is 1. The summed E-state index contributed by atoms with van der Waals surface area (Å²) in [5, 5.41) is 0. The SMILES string of the molecule is Cc1cccc(OC2CN(C(=O)C[C@@H]3CCOC3)C2)c1. The van der Waals surface area contributed by atoms with E-state index in [0.717, 1.165) is 25.4 Å². The van der Waals surface area contributed by atoms with Crippen molar-refractivity contribution in [1.29, 1.82) is 0 Å².